The van der Waals surface area contributed by atoms with Gasteiger partial charge in [-0.3, -0.25) is 4.79 Å². The summed E-state index contributed by atoms with van der Waals surface area (Å²) in [5.41, 5.74) is -0.637. The van der Waals surface area contributed by atoms with Gasteiger partial charge in [0.2, 0.25) is 0 Å². The minimum Gasteiger partial charge on any atom is -0.481 e. The molecule has 1 N–H and O–H groups in total. The molecule has 0 bridgehead atoms. The Morgan fingerprint density at radius 2 is 2.24 bits per heavy atom. The topological polar surface area (TPSA) is 63.1 Å². The number of rotatable bonds is 4. The van der Waals surface area contributed by atoms with Crippen molar-refractivity contribution in [1.29, 1.82) is 0 Å². The van der Waals surface area contributed by atoms with Crippen molar-refractivity contribution < 1.29 is 9.90 Å². The molecular formula is C13H18N2O2. The van der Waals surface area contributed by atoms with Crippen LogP contribution in [0.2, 0.25) is 0 Å². The van der Waals surface area contributed by atoms with Crippen LogP contribution in [0, 0.1) is 11.3 Å². The second-order valence-electron chi connectivity index (χ2n) is 4.94. The minimum atomic E-state index is -0.694. The second-order valence-corrected chi connectivity index (χ2v) is 4.94. The average molecular weight is 234 g/mol. The SMILES string of the molecule is CCC1CCC(Cc2ncccn2)(C(=O)O)C1. The molecule has 0 radical (unpaired) electrons. The van der Waals surface area contributed by atoms with E-state index < -0.39 is 11.4 Å². The summed E-state index contributed by atoms with van der Waals surface area (Å²) < 4.78 is 0. The van der Waals surface area contributed by atoms with Crippen molar-refractivity contribution in [3.8, 4) is 0 Å². The zero-order valence-electron chi connectivity index (χ0n) is 10.1. The van der Waals surface area contributed by atoms with Crippen molar-refractivity contribution in [2.24, 2.45) is 11.3 Å². The van der Waals surface area contributed by atoms with E-state index in [1.807, 2.05) is 0 Å². The van der Waals surface area contributed by atoms with Crippen LogP contribution in [0.5, 0.6) is 0 Å². The molecule has 1 aliphatic rings. The summed E-state index contributed by atoms with van der Waals surface area (Å²) in [4.78, 5) is 19.8. The van der Waals surface area contributed by atoms with E-state index in [0.717, 1.165) is 25.7 Å². The van der Waals surface area contributed by atoms with Gasteiger partial charge in [-0.15, -0.1) is 0 Å². The molecule has 2 atom stereocenters. The predicted octanol–water partition coefficient (Wildman–Crippen LogP) is 2.30. The van der Waals surface area contributed by atoms with Gasteiger partial charge >= 0.3 is 5.97 Å². The highest BCUT2D eigenvalue weighted by Crippen LogP contribution is 2.45. The molecule has 1 aliphatic carbocycles. The Bertz CT molecular complexity index is 394. The van der Waals surface area contributed by atoms with Crippen LogP contribution in [0.1, 0.15) is 38.4 Å². The summed E-state index contributed by atoms with van der Waals surface area (Å²) in [5.74, 6) is 0.488. The number of hydrogen-bond donors (Lipinski definition) is 1. The minimum absolute atomic E-state index is 0.458. The third-order valence-electron chi connectivity index (χ3n) is 3.86. The summed E-state index contributed by atoms with van der Waals surface area (Å²) in [6, 6.07) is 1.75. The standard InChI is InChI=1S/C13H18N2O2/c1-2-10-4-5-13(8-10,12(16)17)9-11-14-6-3-7-15-11/h3,6-7,10H,2,4-5,8-9H2,1H3,(H,16,17). The molecule has 92 valence electrons. The Balaban J connectivity index is 2.17. The molecule has 4 heteroatoms. The molecular weight excluding hydrogens is 216 g/mol. The first-order valence-corrected chi connectivity index (χ1v) is 6.15. The molecule has 1 aromatic heterocycles. The van der Waals surface area contributed by atoms with E-state index in [-0.39, 0.29) is 0 Å². The molecule has 2 rings (SSSR count). The number of carbonyl (C=O) groups is 1. The van der Waals surface area contributed by atoms with E-state index in [0.29, 0.717) is 18.2 Å². The highest BCUT2D eigenvalue weighted by Gasteiger charge is 2.45. The number of nitrogens with zero attached hydrogens (tertiary/aromatic N) is 2. The Morgan fingerprint density at radius 3 is 2.76 bits per heavy atom. The predicted molar refractivity (Wildman–Crippen MR) is 63.4 cm³/mol. The van der Waals surface area contributed by atoms with Crippen LogP contribution < -0.4 is 0 Å². The Morgan fingerprint density at radius 1 is 1.53 bits per heavy atom. The van der Waals surface area contributed by atoms with Gasteiger partial charge in [0.05, 0.1) is 5.41 Å². The van der Waals surface area contributed by atoms with Gasteiger partial charge in [-0.1, -0.05) is 13.3 Å². The monoisotopic (exact) mass is 234 g/mol. The van der Waals surface area contributed by atoms with Gasteiger partial charge in [-0.2, -0.15) is 0 Å². The fourth-order valence-corrected chi connectivity index (χ4v) is 2.74. The second kappa shape index (κ2) is 4.82. The van der Waals surface area contributed by atoms with E-state index >= 15 is 0 Å². The van der Waals surface area contributed by atoms with Gasteiger partial charge in [0.1, 0.15) is 5.82 Å². The first kappa shape index (κ1) is 12.0. The third kappa shape index (κ3) is 2.46. The van der Waals surface area contributed by atoms with Crippen molar-refractivity contribution in [2.75, 3.05) is 0 Å². The highest BCUT2D eigenvalue weighted by molar-refractivity contribution is 5.75. The zero-order chi connectivity index (χ0) is 12.3. The average Bonchev–Trinajstić information content (AvgIpc) is 2.75. The summed E-state index contributed by atoms with van der Waals surface area (Å²) in [5, 5.41) is 9.48. The van der Waals surface area contributed by atoms with Gasteiger partial charge in [0, 0.05) is 18.8 Å². The summed E-state index contributed by atoms with van der Waals surface area (Å²) in [6.07, 6.45) is 7.38. The van der Waals surface area contributed by atoms with Crippen molar-refractivity contribution in [3.05, 3.63) is 24.3 Å². The molecule has 1 heterocycles. The summed E-state index contributed by atoms with van der Waals surface area (Å²) >= 11 is 0. The summed E-state index contributed by atoms with van der Waals surface area (Å²) in [7, 11) is 0. The lowest BCUT2D eigenvalue weighted by Crippen LogP contribution is -2.31. The number of aromatic nitrogens is 2. The van der Waals surface area contributed by atoms with Crippen LogP contribution in [0.3, 0.4) is 0 Å². The number of hydrogen-bond acceptors (Lipinski definition) is 3. The summed E-state index contributed by atoms with van der Waals surface area (Å²) in [6.45, 7) is 2.13. The zero-order valence-corrected chi connectivity index (χ0v) is 10.1. The van der Waals surface area contributed by atoms with E-state index in [4.69, 9.17) is 0 Å². The fourth-order valence-electron chi connectivity index (χ4n) is 2.74. The first-order valence-electron chi connectivity index (χ1n) is 6.15. The number of aliphatic carboxylic acids is 1. The Kier molecular flexibility index (Phi) is 3.41. The lowest BCUT2D eigenvalue weighted by molar-refractivity contribution is -0.148. The maximum absolute atomic E-state index is 11.5. The van der Waals surface area contributed by atoms with E-state index in [2.05, 4.69) is 16.9 Å². The largest absolute Gasteiger partial charge is 0.481 e. The van der Waals surface area contributed by atoms with Crippen LogP contribution in [-0.4, -0.2) is 21.0 Å². The van der Waals surface area contributed by atoms with Gasteiger partial charge < -0.3 is 5.11 Å². The maximum atomic E-state index is 11.5. The molecule has 0 spiro atoms. The van der Waals surface area contributed by atoms with E-state index in [1.165, 1.54) is 0 Å². The number of carboxylic acids is 1. The van der Waals surface area contributed by atoms with Crippen LogP contribution in [0.4, 0.5) is 0 Å². The van der Waals surface area contributed by atoms with Gasteiger partial charge in [-0.05, 0) is 31.2 Å². The lowest BCUT2D eigenvalue weighted by Gasteiger charge is -2.23. The van der Waals surface area contributed by atoms with Crippen molar-refractivity contribution in [1.82, 2.24) is 9.97 Å². The Hall–Kier alpha value is -1.45. The van der Waals surface area contributed by atoms with Crippen LogP contribution in [0.25, 0.3) is 0 Å². The van der Waals surface area contributed by atoms with Gasteiger partial charge in [-0.25, -0.2) is 9.97 Å². The van der Waals surface area contributed by atoms with Gasteiger partial charge in [0.15, 0.2) is 0 Å². The van der Waals surface area contributed by atoms with E-state index in [1.54, 1.807) is 18.5 Å². The third-order valence-corrected chi connectivity index (χ3v) is 3.86. The Labute approximate surface area is 101 Å². The lowest BCUT2D eigenvalue weighted by atomic mass is 9.81. The van der Waals surface area contributed by atoms with E-state index in [9.17, 15) is 9.90 Å². The quantitative estimate of drug-likeness (QED) is 0.868. The van der Waals surface area contributed by atoms with Crippen LogP contribution >= 0.6 is 0 Å². The molecule has 1 saturated carbocycles. The molecule has 2 unspecified atom stereocenters. The highest BCUT2D eigenvalue weighted by atomic mass is 16.4. The van der Waals surface area contributed by atoms with Crippen LogP contribution in [0.15, 0.2) is 18.5 Å². The molecule has 4 nitrogen and oxygen atoms in total. The molecule has 0 saturated heterocycles. The van der Waals surface area contributed by atoms with Crippen molar-refractivity contribution in [2.45, 2.75) is 39.0 Å². The molecule has 0 aliphatic heterocycles. The van der Waals surface area contributed by atoms with Crippen molar-refractivity contribution >= 4 is 5.97 Å². The first-order chi connectivity index (χ1) is 8.16. The molecule has 0 amide bonds. The normalized spacial score (nSPS) is 28.2. The molecule has 0 aromatic carbocycles. The molecule has 1 aromatic rings. The number of carboxylic acid groups (broad SMARTS) is 1. The van der Waals surface area contributed by atoms with Gasteiger partial charge in [0.25, 0.3) is 0 Å². The molecule has 17 heavy (non-hydrogen) atoms. The maximum Gasteiger partial charge on any atom is 0.310 e. The smallest absolute Gasteiger partial charge is 0.310 e. The molecule has 1 fully saturated rings. The fraction of sp³-hybridized carbons (Fsp3) is 0.615. The van der Waals surface area contributed by atoms with Crippen LogP contribution in [-0.2, 0) is 11.2 Å². The van der Waals surface area contributed by atoms with Crippen molar-refractivity contribution in [3.63, 3.8) is 0 Å².